The normalized spacial score (nSPS) is 11.6. The number of pyridine rings is 1. The number of hydrogen-bond acceptors (Lipinski definition) is 4. The van der Waals surface area contributed by atoms with Crippen molar-refractivity contribution in [2.45, 2.75) is 0 Å². The lowest BCUT2D eigenvalue weighted by atomic mass is 10.0. The summed E-state index contributed by atoms with van der Waals surface area (Å²) >= 11 is 0. The standard InChI is InChI=1S/C31H21N3O2/c1-34-18-24(30-21-12-6-5-11-20(21)17-23(32-30)19-9-3-2-4-10-19)33-31(34)29-25(35)15-16-27-28(29)22-13-7-8-14-26(22)36-27/h2-18,35H,1H3. The number of aromatic hydroxyl groups is 1. The maximum absolute atomic E-state index is 11.0. The van der Waals surface area contributed by atoms with Crippen molar-refractivity contribution >= 4 is 32.7 Å². The van der Waals surface area contributed by atoms with Crippen LogP contribution >= 0.6 is 0 Å². The lowest BCUT2D eigenvalue weighted by Gasteiger charge is -2.08. The molecule has 0 saturated carbocycles. The Morgan fingerprint density at radius 3 is 2.33 bits per heavy atom. The van der Waals surface area contributed by atoms with Gasteiger partial charge >= 0.3 is 0 Å². The van der Waals surface area contributed by atoms with Crippen molar-refractivity contribution in [1.82, 2.24) is 14.5 Å². The molecule has 0 aliphatic rings. The first-order valence-corrected chi connectivity index (χ1v) is 11.8. The summed E-state index contributed by atoms with van der Waals surface area (Å²) in [4.78, 5) is 10.1. The first-order chi connectivity index (χ1) is 17.7. The van der Waals surface area contributed by atoms with E-state index >= 15 is 0 Å². The minimum Gasteiger partial charge on any atom is -0.507 e. The maximum atomic E-state index is 11.0. The Labute approximate surface area is 206 Å². The highest BCUT2D eigenvalue weighted by molar-refractivity contribution is 6.13. The van der Waals surface area contributed by atoms with Gasteiger partial charge in [0.05, 0.1) is 17.0 Å². The minimum absolute atomic E-state index is 0.158. The minimum atomic E-state index is 0.158. The summed E-state index contributed by atoms with van der Waals surface area (Å²) < 4.78 is 8.00. The molecular formula is C31H21N3O2. The quantitative estimate of drug-likeness (QED) is 0.291. The summed E-state index contributed by atoms with van der Waals surface area (Å²) in [5, 5.41) is 14.9. The van der Waals surface area contributed by atoms with Crippen LogP contribution in [0.5, 0.6) is 5.75 Å². The van der Waals surface area contributed by atoms with Gasteiger partial charge in [-0.3, -0.25) is 0 Å². The van der Waals surface area contributed by atoms with Crippen molar-refractivity contribution in [3.05, 3.63) is 103 Å². The van der Waals surface area contributed by atoms with Gasteiger partial charge in [-0.25, -0.2) is 9.97 Å². The summed E-state index contributed by atoms with van der Waals surface area (Å²) in [7, 11) is 1.94. The van der Waals surface area contributed by atoms with Gasteiger partial charge in [-0.15, -0.1) is 0 Å². The highest BCUT2D eigenvalue weighted by Gasteiger charge is 2.21. The molecule has 0 atom stereocenters. The van der Waals surface area contributed by atoms with E-state index in [1.807, 2.05) is 72.4 Å². The van der Waals surface area contributed by atoms with Crippen molar-refractivity contribution in [2.24, 2.45) is 7.05 Å². The molecule has 4 aromatic carbocycles. The smallest absolute Gasteiger partial charge is 0.145 e. The van der Waals surface area contributed by atoms with Crippen molar-refractivity contribution in [3.63, 3.8) is 0 Å². The molecule has 7 aromatic rings. The van der Waals surface area contributed by atoms with Gasteiger partial charge in [-0.05, 0) is 29.7 Å². The summed E-state index contributed by atoms with van der Waals surface area (Å²) in [6.45, 7) is 0. The third-order valence-corrected chi connectivity index (χ3v) is 6.67. The van der Waals surface area contributed by atoms with Crippen LogP contribution in [0.3, 0.4) is 0 Å². The lowest BCUT2D eigenvalue weighted by molar-refractivity contribution is 0.477. The monoisotopic (exact) mass is 467 g/mol. The van der Waals surface area contributed by atoms with Crippen LogP contribution in [0.2, 0.25) is 0 Å². The number of benzene rings is 4. The van der Waals surface area contributed by atoms with E-state index in [0.29, 0.717) is 17.0 Å². The Morgan fingerprint density at radius 1 is 0.722 bits per heavy atom. The molecule has 172 valence electrons. The first kappa shape index (κ1) is 20.5. The molecule has 5 heteroatoms. The van der Waals surface area contributed by atoms with Crippen LogP contribution in [0.25, 0.3) is 66.7 Å². The second-order valence-corrected chi connectivity index (χ2v) is 8.93. The number of imidazole rings is 1. The zero-order chi connectivity index (χ0) is 24.2. The van der Waals surface area contributed by atoms with Crippen LogP contribution < -0.4 is 0 Å². The molecule has 0 unspecified atom stereocenters. The van der Waals surface area contributed by atoms with Crippen LogP contribution in [0.4, 0.5) is 0 Å². The van der Waals surface area contributed by atoms with Crippen LogP contribution in [-0.4, -0.2) is 19.6 Å². The second-order valence-electron chi connectivity index (χ2n) is 8.93. The van der Waals surface area contributed by atoms with Crippen LogP contribution in [0.1, 0.15) is 0 Å². The van der Waals surface area contributed by atoms with E-state index in [-0.39, 0.29) is 5.75 Å². The van der Waals surface area contributed by atoms with Gasteiger partial charge in [0.15, 0.2) is 0 Å². The van der Waals surface area contributed by atoms with Gasteiger partial charge in [0.1, 0.15) is 28.4 Å². The Bertz CT molecular complexity index is 1920. The molecule has 0 fully saturated rings. The Morgan fingerprint density at radius 2 is 1.47 bits per heavy atom. The van der Waals surface area contributed by atoms with E-state index in [9.17, 15) is 5.11 Å². The first-order valence-electron chi connectivity index (χ1n) is 11.8. The van der Waals surface area contributed by atoms with E-state index < -0.39 is 0 Å². The molecule has 5 nitrogen and oxygen atoms in total. The zero-order valence-electron chi connectivity index (χ0n) is 19.5. The zero-order valence-corrected chi connectivity index (χ0v) is 19.5. The number of fused-ring (bicyclic) bond motifs is 4. The van der Waals surface area contributed by atoms with E-state index in [1.165, 1.54) is 0 Å². The molecule has 0 radical (unpaired) electrons. The number of hydrogen-bond donors (Lipinski definition) is 1. The Balaban J connectivity index is 1.49. The molecule has 0 amide bonds. The summed E-state index contributed by atoms with van der Waals surface area (Å²) in [5.41, 5.74) is 5.62. The summed E-state index contributed by atoms with van der Waals surface area (Å²) in [6, 6.07) is 31.8. The predicted molar refractivity (Wildman–Crippen MR) is 144 cm³/mol. The fourth-order valence-electron chi connectivity index (χ4n) is 5.00. The van der Waals surface area contributed by atoms with Gasteiger partial charge in [0.25, 0.3) is 0 Å². The average molecular weight is 468 g/mol. The largest absolute Gasteiger partial charge is 0.507 e. The van der Waals surface area contributed by atoms with E-state index in [4.69, 9.17) is 14.4 Å². The molecule has 0 aliphatic carbocycles. The number of para-hydroxylation sites is 1. The predicted octanol–water partition coefficient (Wildman–Crippen LogP) is 7.57. The third kappa shape index (κ3) is 3.10. The Kier molecular flexibility index (Phi) is 4.45. The van der Waals surface area contributed by atoms with Crippen molar-refractivity contribution in [3.8, 4) is 39.8 Å². The van der Waals surface area contributed by atoms with Gasteiger partial charge < -0.3 is 14.1 Å². The van der Waals surface area contributed by atoms with Crippen LogP contribution in [0, 0.1) is 0 Å². The summed E-state index contributed by atoms with van der Waals surface area (Å²) in [6.07, 6.45) is 1.97. The van der Waals surface area contributed by atoms with E-state index in [0.717, 1.165) is 49.8 Å². The molecule has 0 bridgehead atoms. The molecule has 1 N–H and O–H groups in total. The van der Waals surface area contributed by atoms with Crippen molar-refractivity contribution in [1.29, 1.82) is 0 Å². The molecule has 0 saturated heterocycles. The van der Waals surface area contributed by atoms with Gasteiger partial charge in [-0.2, -0.15) is 0 Å². The summed E-state index contributed by atoms with van der Waals surface area (Å²) in [5.74, 6) is 0.806. The molecule has 7 rings (SSSR count). The van der Waals surface area contributed by atoms with E-state index in [1.54, 1.807) is 12.1 Å². The number of furan rings is 1. The van der Waals surface area contributed by atoms with E-state index in [2.05, 4.69) is 30.3 Å². The van der Waals surface area contributed by atoms with Crippen molar-refractivity contribution < 1.29 is 9.52 Å². The third-order valence-electron chi connectivity index (χ3n) is 6.67. The Hall–Kier alpha value is -4.90. The topological polar surface area (TPSA) is 64.1 Å². The van der Waals surface area contributed by atoms with Crippen LogP contribution in [-0.2, 0) is 7.05 Å². The van der Waals surface area contributed by atoms with Crippen LogP contribution in [0.15, 0.2) is 108 Å². The van der Waals surface area contributed by atoms with Gasteiger partial charge in [-0.1, -0.05) is 72.8 Å². The average Bonchev–Trinajstić information content (AvgIpc) is 3.49. The molecule has 0 spiro atoms. The van der Waals surface area contributed by atoms with Crippen molar-refractivity contribution in [2.75, 3.05) is 0 Å². The fraction of sp³-hybridized carbons (Fsp3) is 0.0323. The number of nitrogens with zero attached hydrogens (tertiary/aromatic N) is 3. The SMILES string of the molecule is Cn1cc(-c2nc(-c3ccccc3)cc3ccccc23)nc1-c1c(O)ccc2oc3ccccc3c12. The molecular weight excluding hydrogens is 446 g/mol. The molecule has 0 aliphatic heterocycles. The second kappa shape index (κ2) is 7.82. The lowest BCUT2D eigenvalue weighted by Crippen LogP contribution is -1.92. The van der Waals surface area contributed by atoms with Gasteiger partial charge in [0.2, 0.25) is 0 Å². The molecule has 36 heavy (non-hydrogen) atoms. The number of phenols is 1. The molecule has 3 heterocycles. The fourth-order valence-corrected chi connectivity index (χ4v) is 5.00. The number of rotatable bonds is 3. The number of phenolic OH excluding ortho intramolecular Hbond substituents is 1. The highest BCUT2D eigenvalue weighted by Crippen LogP contribution is 2.42. The number of aryl methyl sites for hydroxylation is 1. The van der Waals surface area contributed by atoms with Gasteiger partial charge in [0, 0.05) is 35.0 Å². The number of aromatic nitrogens is 3. The maximum Gasteiger partial charge on any atom is 0.145 e. The highest BCUT2D eigenvalue weighted by atomic mass is 16.3. The molecule has 3 aromatic heterocycles.